The van der Waals surface area contributed by atoms with E-state index in [9.17, 15) is 9.59 Å². The van der Waals surface area contributed by atoms with Gasteiger partial charge in [0, 0.05) is 12.6 Å². The van der Waals surface area contributed by atoms with Gasteiger partial charge in [-0.15, -0.1) is 0 Å². The first-order valence-electron chi connectivity index (χ1n) is 16.6. The Kier molecular flexibility index (Phi) is 5.53. The van der Waals surface area contributed by atoms with E-state index in [1.807, 2.05) is 13.1 Å². The number of ketones is 1. The van der Waals surface area contributed by atoms with E-state index in [0.717, 1.165) is 36.9 Å². The molecule has 4 heteroatoms. The maximum atomic E-state index is 13.4. The Bertz CT molecular complexity index is 1410. The number of hydrogen-bond acceptors (Lipinski definition) is 3. The SMILES string of the molecule is Cc1nccc2c1C(=O)NC21CC[C@]2(C)[C@H]3CC[C@@H]4C5=C(C(C)C)C(=O)C[C@]5(C)CC[C@@]4(C)[C@]3(C)CC[C@H]2C1(C)C. The van der Waals surface area contributed by atoms with Crippen LogP contribution < -0.4 is 5.32 Å². The van der Waals surface area contributed by atoms with Crippen molar-refractivity contribution >= 4 is 11.7 Å². The fourth-order valence-corrected chi connectivity index (χ4v) is 13.1. The molecule has 1 unspecified atom stereocenters. The average Bonchev–Trinajstić information content (AvgIpc) is 3.34. The number of nitrogens with zero attached hydrogens (tertiary/aromatic N) is 1. The highest BCUT2D eigenvalue weighted by Crippen LogP contribution is 2.78. The minimum atomic E-state index is -0.319. The third kappa shape index (κ3) is 3.06. The number of aryl methyl sites for hydroxylation is 1. The van der Waals surface area contributed by atoms with Crippen LogP contribution in [-0.4, -0.2) is 16.7 Å². The molecule has 4 saturated carbocycles. The Balaban J connectivity index is 1.30. The van der Waals surface area contributed by atoms with Crippen molar-refractivity contribution < 1.29 is 9.59 Å². The van der Waals surface area contributed by atoms with Crippen molar-refractivity contribution in [3.8, 4) is 0 Å². The lowest BCUT2D eigenvalue weighted by atomic mass is 9.32. The van der Waals surface area contributed by atoms with Crippen LogP contribution in [0.5, 0.6) is 0 Å². The van der Waals surface area contributed by atoms with E-state index in [-0.39, 0.29) is 38.5 Å². The van der Waals surface area contributed by atoms with Crippen LogP contribution in [0.4, 0.5) is 0 Å². The fraction of sp³-hybridized carbons (Fsp3) is 0.757. The number of fused-ring (bicyclic) bond motifs is 9. The Morgan fingerprint density at radius 2 is 1.61 bits per heavy atom. The Labute approximate surface area is 247 Å². The molecule has 6 aliphatic rings. The van der Waals surface area contributed by atoms with Crippen LogP contribution in [0, 0.1) is 57.7 Å². The molecule has 4 nitrogen and oxygen atoms in total. The largest absolute Gasteiger partial charge is 0.342 e. The second kappa shape index (κ2) is 8.14. The second-order valence-corrected chi connectivity index (χ2v) is 17.2. The van der Waals surface area contributed by atoms with Crippen LogP contribution in [0.2, 0.25) is 0 Å². The van der Waals surface area contributed by atoms with Crippen LogP contribution in [-0.2, 0) is 10.3 Å². The number of amides is 1. The molecule has 2 heterocycles. The number of carbonyl (C=O) groups excluding carboxylic acids is 2. The summed E-state index contributed by atoms with van der Waals surface area (Å²) in [6.45, 7) is 21.8. The van der Waals surface area contributed by atoms with Crippen LogP contribution in [0.25, 0.3) is 0 Å². The number of allylic oxidation sites excluding steroid dienone is 2. The first-order chi connectivity index (χ1) is 19.1. The van der Waals surface area contributed by atoms with Crippen molar-refractivity contribution in [1.29, 1.82) is 0 Å². The molecule has 1 aromatic heterocycles. The summed E-state index contributed by atoms with van der Waals surface area (Å²) in [4.78, 5) is 31.3. The van der Waals surface area contributed by atoms with Gasteiger partial charge in [0.15, 0.2) is 5.78 Å². The number of aromatic nitrogens is 1. The summed E-state index contributed by atoms with van der Waals surface area (Å²) in [6, 6.07) is 2.13. The quantitative estimate of drug-likeness (QED) is 0.378. The number of pyridine rings is 1. The van der Waals surface area contributed by atoms with Gasteiger partial charge in [-0.25, -0.2) is 0 Å². The summed E-state index contributed by atoms with van der Waals surface area (Å²) in [5.41, 5.74) is 6.04. The third-order valence-corrected chi connectivity index (χ3v) is 15.2. The van der Waals surface area contributed by atoms with Crippen LogP contribution >= 0.6 is 0 Å². The van der Waals surface area contributed by atoms with Crippen LogP contribution in [0.15, 0.2) is 23.4 Å². The normalized spacial score (nSPS) is 46.1. The lowest BCUT2D eigenvalue weighted by Gasteiger charge is -2.73. The maximum Gasteiger partial charge on any atom is 0.254 e. The molecule has 1 N–H and O–H groups in total. The highest BCUT2D eigenvalue weighted by atomic mass is 16.2. The molecule has 0 radical (unpaired) electrons. The molecule has 1 aliphatic heterocycles. The summed E-state index contributed by atoms with van der Waals surface area (Å²) in [6.07, 6.45) is 12.1. The van der Waals surface area contributed by atoms with Crippen LogP contribution in [0.1, 0.15) is 135 Å². The molecule has 8 atom stereocenters. The molecule has 0 bridgehead atoms. The Morgan fingerprint density at radius 3 is 2.32 bits per heavy atom. The van der Waals surface area contributed by atoms with Crippen molar-refractivity contribution in [3.05, 3.63) is 40.2 Å². The summed E-state index contributed by atoms with van der Waals surface area (Å²) < 4.78 is 0. The van der Waals surface area contributed by atoms with Gasteiger partial charge in [-0.2, -0.15) is 0 Å². The third-order valence-electron chi connectivity index (χ3n) is 15.2. The molecule has 1 amide bonds. The molecule has 41 heavy (non-hydrogen) atoms. The van der Waals surface area contributed by atoms with Gasteiger partial charge >= 0.3 is 0 Å². The van der Waals surface area contributed by atoms with Crippen molar-refractivity contribution in [3.63, 3.8) is 0 Å². The second-order valence-electron chi connectivity index (χ2n) is 17.2. The minimum Gasteiger partial charge on any atom is -0.342 e. The summed E-state index contributed by atoms with van der Waals surface area (Å²) in [5.74, 6) is 2.56. The molecule has 222 valence electrons. The minimum absolute atomic E-state index is 0.0653. The van der Waals surface area contributed by atoms with Gasteiger partial charge in [0.2, 0.25) is 0 Å². The molecule has 4 fully saturated rings. The van der Waals surface area contributed by atoms with Gasteiger partial charge in [-0.3, -0.25) is 14.6 Å². The zero-order valence-corrected chi connectivity index (χ0v) is 27.1. The number of Topliss-reactive ketones (excluding diaryl/α,β-unsaturated/α-hetero) is 1. The van der Waals surface area contributed by atoms with Gasteiger partial charge < -0.3 is 5.32 Å². The zero-order chi connectivity index (χ0) is 29.5. The van der Waals surface area contributed by atoms with Gasteiger partial charge in [0.05, 0.1) is 16.8 Å². The van der Waals surface area contributed by atoms with E-state index in [1.165, 1.54) is 43.2 Å². The standard InChI is InChI=1S/C37H52N2O2/c1-21(2)28-25(40)20-33(6)15-17-35(8)24(30(28)33)10-11-27-34(7)16-18-37(32(4,5)26(34)12-14-36(27,35)9)23-13-19-38-22(3)29(23)31(41)39-37/h13,19,21,24,26-27H,10-12,14-18,20H2,1-9H3,(H,39,41)/t24-,26+,27-,33+,34+,35-,36-,37?/m1/s1. The lowest BCUT2D eigenvalue weighted by Crippen LogP contribution is -2.68. The molecule has 0 saturated heterocycles. The smallest absolute Gasteiger partial charge is 0.254 e. The predicted octanol–water partition coefficient (Wildman–Crippen LogP) is 8.33. The van der Waals surface area contributed by atoms with E-state index >= 15 is 0 Å². The maximum absolute atomic E-state index is 13.4. The zero-order valence-electron chi connectivity index (χ0n) is 27.1. The Morgan fingerprint density at radius 1 is 0.878 bits per heavy atom. The predicted molar refractivity (Wildman–Crippen MR) is 163 cm³/mol. The summed E-state index contributed by atoms with van der Waals surface area (Å²) in [7, 11) is 0. The monoisotopic (exact) mass is 556 g/mol. The number of carbonyl (C=O) groups is 2. The van der Waals surface area contributed by atoms with Gasteiger partial charge in [0.25, 0.3) is 5.91 Å². The lowest BCUT2D eigenvalue weighted by molar-refractivity contribution is -0.226. The molecule has 1 aromatic rings. The van der Waals surface area contributed by atoms with E-state index in [0.29, 0.717) is 29.5 Å². The van der Waals surface area contributed by atoms with Crippen molar-refractivity contribution in [1.82, 2.24) is 10.3 Å². The number of nitrogens with one attached hydrogen (secondary N) is 1. The average molecular weight is 557 g/mol. The molecular formula is C37H52N2O2. The van der Waals surface area contributed by atoms with Crippen molar-refractivity contribution in [2.24, 2.45) is 50.7 Å². The first-order valence-corrected chi connectivity index (χ1v) is 16.6. The van der Waals surface area contributed by atoms with Gasteiger partial charge in [-0.1, -0.05) is 61.0 Å². The van der Waals surface area contributed by atoms with E-state index in [1.54, 1.807) is 5.57 Å². The molecular weight excluding hydrogens is 504 g/mol. The van der Waals surface area contributed by atoms with Gasteiger partial charge in [-0.05, 0) is 126 Å². The highest BCUT2D eigenvalue weighted by molar-refractivity contribution is 6.01. The molecule has 1 spiro atoms. The molecule has 0 aromatic carbocycles. The Hall–Kier alpha value is -1.97. The number of rotatable bonds is 1. The van der Waals surface area contributed by atoms with E-state index < -0.39 is 0 Å². The molecule has 7 rings (SSSR count). The van der Waals surface area contributed by atoms with Crippen LogP contribution in [0.3, 0.4) is 0 Å². The summed E-state index contributed by atoms with van der Waals surface area (Å²) in [5, 5.41) is 3.58. The van der Waals surface area contributed by atoms with Crippen molar-refractivity contribution in [2.45, 2.75) is 126 Å². The first kappa shape index (κ1) is 27.8. The number of hydrogen-bond donors (Lipinski definition) is 1. The highest BCUT2D eigenvalue weighted by Gasteiger charge is 2.72. The topological polar surface area (TPSA) is 59.1 Å². The fourth-order valence-electron chi connectivity index (χ4n) is 13.1. The van der Waals surface area contributed by atoms with E-state index in [4.69, 9.17) is 0 Å². The van der Waals surface area contributed by atoms with Gasteiger partial charge in [0.1, 0.15) is 0 Å². The summed E-state index contributed by atoms with van der Waals surface area (Å²) >= 11 is 0. The van der Waals surface area contributed by atoms with Crippen molar-refractivity contribution in [2.75, 3.05) is 0 Å². The molecule has 5 aliphatic carbocycles. The van der Waals surface area contributed by atoms with E-state index in [2.05, 4.69) is 71.8 Å².